The van der Waals surface area contributed by atoms with Crippen LogP contribution >= 0.6 is 0 Å². The van der Waals surface area contributed by atoms with Crippen molar-refractivity contribution in [2.45, 2.75) is 12.3 Å². The molecule has 0 aliphatic heterocycles. The Kier molecular flexibility index (Phi) is 3.33. The predicted octanol–water partition coefficient (Wildman–Crippen LogP) is 0.243. The van der Waals surface area contributed by atoms with Gasteiger partial charge in [-0.1, -0.05) is 6.07 Å². The number of carboxylic acids is 1. The summed E-state index contributed by atoms with van der Waals surface area (Å²) < 4.78 is 29.5. The van der Waals surface area contributed by atoms with Gasteiger partial charge in [0.15, 0.2) is 0 Å². The number of nitrogens with zero attached hydrogens (tertiary/aromatic N) is 1. The largest absolute Gasteiger partial charge is 0.550 e. The molecule has 0 saturated heterocycles. The van der Waals surface area contributed by atoms with Crippen LogP contribution in [0.4, 0.5) is 5.69 Å². The Hall–Kier alpha value is -1.89. The van der Waals surface area contributed by atoms with E-state index >= 15 is 0 Å². The van der Waals surface area contributed by atoms with E-state index in [1.54, 1.807) is 12.1 Å². The predicted molar refractivity (Wildman–Crippen MR) is 59.9 cm³/mol. The van der Waals surface area contributed by atoms with E-state index in [2.05, 4.69) is 4.36 Å². The first kappa shape index (κ1) is 12.6. The van der Waals surface area contributed by atoms with Gasteiger partial charge in [-0.2, -0.15) is 8.42 Å². The standard InChI is InChI=1S/C11H11NO5S/c1-17-10-3-2-6(4-9(10)12-18(15)16)7-5-8(7)11(13)14/h2-4,7-8H,5H2,1H3,(H,13,14)/p-1. The van der Waals surface area contributed by atoms with Gasteiger partial charge in [-0.3, -0.25) is 0 Å². The molecule has 1 aliphatic carbocycles. The zero-order valence-electron chi connectivity index (χ0n) is 9.49. The first-order valence-corrected chi connectivity index (χ1v) is 6.26. The summed E-state index contributed by atoms with van der Waals surface area (Å²) in [6, 6.07) is 4.81. The fourth-order valence-corrected chi connectivity index (χ4v) is 2.22. The molecule has 0 N–H and O–H groups in total. The van der Waals surface area contributed by atoms with Crippen molar-refractivity contribution in [3.05, 3.63) is 23.8 Å². The molecular formula is C11H10NO5S-. The van der Waals surface area contributed by atoms with Gasteiger partial charge in [0.1, 0.15) is 11.4 Å². The Labute approximate surface area is 105 Å². The van der Waals surface area contributed by atoms with Crippen molar-refractivity contribution in [3.8, 4) is 5.75 Å². The maximum Gasteiger partial charge on any atom is 0.316 e. The van der Waals surface area contributed by atoms with E-state index in [-0.39, 0.29) is 11.6 Å². The van der Waals surface area contributed by atoms with Crippen LogP contribution in [0.15, 0.2) is 22.6 Å². The third-order valence-electron chi connectivity index (χ3n) is 2.90. The number of aliphatic carboxylic acids is 1. The Balaban J connectivity index is 2.35. The molecule has 1 aliphatic rings. The van der Waals surface area contributed by atoms with Crippen LogP contribution in [0, 0.1) is 5.92 Å². The maximum absolute atomic E-state index is 10.7. The summed E-state index contributed by atoms with van der Waals surface area (Å²) in [6.07, 6.45) is 0.508. The van der Waals surface area contributed by atoms with Gasteiger partial charge in [0.2, 0.25) is 0 Å². The molecule has 0 aromatic heterocycles. The molecule has 96 valence electrons. The van der Waals surface area contributed by atoms with E-state index in [4.69, 9.17) is 4.74 Å². The Bertz CT molecular complexity index is 614. The van der Waals surface area contributed by atoms with Gasteiger partial charge in [0.05, 0.1) is 7.11 Å². The van der Waals surface area contributed by atoms with Gasteiger partial charge in [-0.25, -0.2) is 0 Å². The van der Waals surface area contributed by atoms with Gasteiger partial charge < -0.3 is 14.6 Å². The number of benzene rings is 1. The molecule has 1 aromatic rings. The smallest absolute Gasteiger partial charge is 0.316 e. The van der Waals surface area contributed by atoms with Gasteiger partial charge in [-0.15, -0.1) is 4.36 Å². The van der Waals surface area contributed by atoms with Crippen molar-refractivity contribution in [1.82, 2.24) is 0 Å². The normalized spacial score (nSPS) is 21.2. The van der Waals surface area contributed by atoms with Crippen LogP contribution in [0.25, 0.3) is 0 Å². The number of carboxylic acid groups (broad SMARTS) is 1. The molecule has 0 bridgehead atoms. The molecule has 0 spiro atoms. The fraction of sp³-hybridized carbons (Fsp3) is 0.364. The highest BCUT2D eigenvalue weighted by molar-refractivity contribution is 7.61. The third-order valence-corrected chi connectivity index (χ3v) is 3.24. The average molecular weight is 268 g/mol. The zero-order valence-corrected chi connectivity index (χ0v) is 10.3. The second kappa shape index (κ2) is 4.77. The lowest BCUT2D eigenvalue weighted by Gasteiger charge is -2.06. The topological polar surface area (TPSA) is 95.9 Å². The summed E-state index contributed by atoms with van der Waals surface area (Å²) in [5.74, 6) is -1.38. The molecule has 2 unspecified atom stereocenters. The Morgan fingerprint density at radius 3 is 2.72 bits per heavy atom. The van der Waals surface area contributed by atoms with Crippen molar-refractivity contribution in [3.63, 3.8) is 0 Å². The van der Waals surface area contributed by atoms with E-state index in [1.165, 1.54) is 13.2 Å². The molecule has 1 saturated carbocycles. The lowest BCUT2D eigenvalue weighted by Crippen LogP contribution is -2.24. The van der Waals surface area contributed by atoms with Crippen molar-refractivity contribution in [1.29, 1.82) is 0 Å². The SMILES string of the molecule is COc1ccc(C2CC2C(=O)[O-])cc1N=S(=O)=O. The summed E-state index contributed by atoms with van der Waals surface area (Å²) in [5.41, 5.74) is 0.904. The third kappa shape index (κ3) is 2.51. The summed E-state index contributed by atoms with van der Waals surface area (Å²) >= 11 is 0. The molecule has 1 fully saturated rings. The number of rotatable bonds is 4. The summed E-state index contributed by atoms with van der Waals surface area (Å²) in [5, 5.41) is 10.7. The summed E-state index contributed by atoms with van der Waals surface area (Å²) in [4.78, 5) is 10.7. The molecule has 0 radical (unpaired) electrons. The molecule has 2 atom stereocenters. The second-order valence-electron chi connectivity index (χ2n) is 4.01. The monoisotopic (exact) mass is 268 g/mol. The zero-order chi connectivity index (χ0) is 13.3. The maximum atomic E-state index is 10.7. The van der Waals surface area contributed by atoms with E-state index in [1.807, 2.05) is 0 Å². The van der Waals surface area contributed by atoms with Crippen molar-refractivity contribution >= 4 is 22.2 Å². The van der Waals surface area contributed by atoms with Gasteiger partial charge in [-0.05, 0) is 30.0 Å². The Morgan fingerprint density at radius 1 is 1.50 bits per heavy atom. The van der Waals surface area contributed by atoms with Crippen LogP contribution in [0.1, 0.15) is 17.9 Å². The number of carbonyl (C=O) groups excluding carboxylic acids is 1. The van der Waals surface area contributed by atoms with Crippen LogP contribution in [0.5, 0.6) is 5.75 Å². The molecule has 18 heavy (non-hydrogen) atoms. The summed E-state index contributed by atoms with van der Waals surface area (Å²) in [7, 11) is -1.18. The first-order valence-electron chi connectivity index (χ1n) is 5.23. The second-order valence-corrected chi connectivity index (χ2v) is 4.62. The van der Waals surface area contributed by atoms with Crippen LogP contribution < -0.4 is 9.84 Å². The van der Waals surface area contributed by atoms with Crippen molar-refractivity contribution in [2.24, 2.45) is 10.3 Å². The molecule has 7 heteroatoms. The Morgan fingerprint density at radius 2 is 2.22 bits per heavy atom. The molecule has 0 amide bonds. The fourth-order valence-electron chi connectivity index (χ4n) is 1.91. The van der Waals surface area contributed by atoms with Gasteiger partial charge in [0, 0.05) is 11.9 Å². The van der Waals surface area contributed by atoms with Crippen molar-refractivity contribution < 1.29 is 23.1 Å². The minimum absolute atomic E-state index is 0.130. The average Bonchev–Trinajstić information content (AvgIpc) is 3.08. The highest BCUT2D eigenvalue weighted by atomic mass is 32.2. The van der Waals surface area contributed by atoms with Gasteiger partial charge in [0.25, 0.3) is 0 Å². The molecule has 1 aromatic carbocycles. The van der Waals surface area contributed by atoms with Gasteiger partial charge >= 0.3 is 10.5 Å². The highest BCUT2D eigenvalue weighted by Gasteiger charge is 2.39. The molecule has 2 rings (SSSR count). The lowest BCUT2D eigenvalue weighted by molar-refractivity contribution is -0.308. The number of hydrogen-bond donors (Lipinski definition) is 0. The number of hydrogen-bond acceptors (Lipinski definition) is 6. The van der Waals surface area contributed by atoms with Crippen LogP contribution in [-0.2, 0) is 15.3 Å². The molecule has 6 nitrogen and oxygen atoms in total. The highest BCUT2D eigenvalue weighted by Crippen LogP contribution is 2.48. The lowest BCUT2D eigenvalue weighted by atomic mass is 10.1. The first-order chi connectivity index (χ1) is 8.52. The van der Waals surface area contributed by atoms with Crippen LogP contribution in [0.2, 0.25) is 0 Å². The van der Waals surface area contributed by atoms with E-state index in [0.29, 0.717) is 12.2 Å². The number of ether oxygens (including phenoxy) is 1. The quantitative estimate of drug-likeness (QED) is 0.779. The van der Waals surface area contributed by atoms with Crippen LogP contribution in [0.3, 0.4) is 0 Å². The number of methoxy groups -OCH3 is 1. The van der Waals surface area contributed by atoms with Crippen LogP contribution in [-0.4, -0.2) is 21.5 Å². The molecule has 0 heterocycles. The number of carbonyl (C=O) groups is 1. The summed E-state index contributed by atoms with van der Waals surface area (Å²) in [6.45, 7) is 0. The molecular weight excluding hydrogens is 258 g/mol. The minimum atomic E-state index is -2.58. The van der Waals surface area contributed by atoms with Crippen molar-refractivity contribution in [2.75, 3.05) is 7.11 Å². The van der Waals surface area contributed by atoms with E-state index < -0.39 is 22.4 Å². The van der Waals surface area contributed by atoms with E-state index in [0.717, 1.165) is 5.56 Å². The minimum Gasteiger partial charge on any atom is -0.550 e. The van der Waals surface area contributed by atoms with E-state index in [9.17, 15) is 18.3 Å².